The van der Waals surface area contributed by atoms with Crippen molar-refractivity contribution >= 4 is 17.7 Å². The molecule has 2 aliphatic rings. The maximum Gasteiger partial charge on any atom is 0.235 e. The first kappa shape index (κ1) is 11.7. The first-order chi connectivity index (χ1) is 7.81. The van der Waals surface area contributed by atoms with Crippen molar-refractivity contribution in [3.05, 3.63) is 0 Å². The van der Waals surface area contributed by atoms with E-state index in [4.69, 9.17) is 10.00 Å². The lowest BCUT2D eigenvalue weighted by molar-refractivity contribution is -0.136. The third kappa shape index (κ3) is 2.69. The second-order valence-corrected chi connectivity index (χ2v) is 5.44. The van der Waals surface area contributed by atoms with E-state index in [1.165, 1.54) is 6.42 Å². The number of rotatable bonds is 1. The van der Waals surface area contributed by atoms with Crippen LogP contribution in [0.3, 0.4) is 0 Å². The van der Waals surface area contributed by atoms with Gasteiger partial charge in [0.2, 0.25) is 5.91 Å². The quantitative estimate of drug-likeness (QED) is 0.687. The molecule has 2 aliphatic heterocycles. The number of nitrogens with zero attached hydrogens (tertiary/aromatic N) is 2. The van der Waals surface area contributed by atoms with Crippen molar-refractivity contribution in [3.8, 4) is 6.07 Å². The van der Waals surface area contributed by atoms with Crippen LogP contribution in [-0.2, 0) is 9.53 Å². The monoisotopic (exact) mass is 240 g/mol. The summed E-state index contributed by atoms with van der Waals surface area (Å²) in [5, 5.41) is 8.90. The highest BCUT2D eigenvalue weighted by Crippen LogP contribution is 2.27. The zero-order valence-corrected chi connectivity index (χ0v) is 10.0. The number of nitriles is 1. The first-order valence-corrected chi connectivity index (χ1v) is 6.78. The van der Waals surface area contributed by atoms with Gasteiger partial charge in [-0.2, -0.15) is 5.26 Å². The number of ether oxygens (including phenoxy) is 1. The Kier molecular flexibility index (Phi) is 4.08. The van der Waals surface area contributed by atoms with Gasteiger partial charge in [0.15, 0.2) is 6.10 Å². The molecule has 2 fully saturated rings. The average Bonchev–Trinajstić information content (AvgIpc) is 2.39. The predicted octanol–water partition coefficient (Wildman–Crippen LogP) is 1.02. The lowest BCUT2D eigenvalue weighted by atomic mass is 10.1. The molecule has 16 heavy (non-hydrogen) atoms. The van der Waals surface area contributed by atoms with Crippen LogP contribution in [0.4, 0.5) is 0 Å². The van der Waals surface area contributed by atoms with Gasteiger partial charge < -0.3 is 9.64 Å². The summed E-state index contributed by atoms with van der Waals surface area (Å²) in [7, 11) is 0. The second kappa shape index (κ2) is 5.55. The first-order valence-electron chi connectivity index (χ1n) is 5.73. The van der Waals surface area contributed by atoms with Crippen molar-refractivity contribution in [2.75, 3.05) is 25.4 Å². The zero-order valence-electron chi connectivity index (χ0n) is 9.22. The summed E-state index contributed by atoms with van der Waals surface area (Å²) in [6.45, 7) is 1.56. The molecule has 0 radical (unpaired) electrons. The zero-order chi connectivity index (χ0) is 11.4. The van der Waals surface area contributed by atoms with Gasteiger partial charge in [-0.25, -0.2) is 0 Å². The molecule has 4 nitrogen and oxygen atoms in total. The van der Waals surface area contributed by atoms with Gasteiger partial charge in [0.1, 0.15) is 0 Å². The Morgan fingerprint density at radius 3 is 3.06 bits per heavy atom. The molecule has 0 aliphatic carbocycles. The van der Waals surface area contributed by atoms with Crippen LogP contribution < -0.4 is 0 Å². The molecule has 0 spiro atoms. The number of carbonyl (C=O) groups excluding carboxylic acids is 1. The van der Waals surface area contributed by atoms with Crippen LogP contribution in [0.5, 0.6) is 0 Å². The van der Waals surface area contributed by atoms with E-state index in [0.717, 1.165) is 18.6 Å². The molecule has 0 saturated carbocycles. The molecule has 2 saturated heterocycles. The summed E-state index contributed by atoms with van der Waals surface area (Å²) >= 11 is 1.76. The Morgan fingerprint density at radius 1 is 1.50 bits per heavy atom. The summed E-state index contributed by atoms with van der Waals surface area (Å²) < 4.78 is 5.23. The lowest BCUT2D eigenvalue weighted by Gasteiger charge is -2.33. The standard InChI is InChI=1S/C11H16N2O2S/c12-7-9-8-13(4-5-15-9)11(14)10-3-1-2-6-16-10/h9-10H,1-6,8H2. The maximum atomic E-state index is 12.2. The molecule has 2 atom stereocenters. The van der Waals surface area contributed by atoms with Gasteiger partial charge in [-0.05, 0) is 18.6 Å². The fourth-order valence-corrected chi connectivity index (χ4v) is 3.35. The van der Waals surface area contributed by atoms with E-state index < -0.39 is 6.10 Å². The minimum atomic E-state index is -0.439. The fraction of sp³-hybridized carbons (Fsp3) is 0.818. The van der Waals surface area contributed by atoms with Crippen molar-refractivity contribution in [3.63, 3.8) is 0 Å². The van der Waals surface area contributed by atoms with Crippen molar-refractivity contribution in [2.24, 2.45) is 0 Å². The third-order valence-electron chi connectivity index (χ3n) is 2.98. The van der Waals surface area contributed by atoms with Crippen LogP contribution in [0.1, 0.15) is 19.3 Å². The van der Waals surface area contributed by atoms with E-state index in [0.29, 0.717) is 19.7 Å². The molecule has 0 aromatic carbocycles. The van der Waals surface area contributed by atoms with E-state index in [2.05, 4.69) is 6.07 Å². The number of thioether (sulfide) groups is 1. The highest BCUT2D eigenvalue weighted by atomic mass is 32.2. The van der Waals surface area contributed by atoms with E-state index in [1.807, 2.05) is 0 Å². The Labute approximate surface area is 99.9 Å². The van der Waals surface area contributed by atoms with Crippen LogP contribution in [-0.4, -0.2) is 47.6 Å². The summed E-state index contributed by atoms with van der Waals surface area (Å²) in [6, 6.07) is 2.07. The number of amides is 1. The number of carbonyl (C=O) groups is 1. The van der Waals surface area contributed by atoms with E-state index in [1.54, 1.807) is 16.7 Å². The summed E-state index contributed by atoms with van der Waals surface area (Å²) in [5.74, 6) is 1.29. The molecular weight excluding hydrogens is 224 g/mol. The van der Waals surface area contributed by atoms with Crippen molar-refractivity contribution < 1.29 is 9.53 Å². The van der Waals surface area contributed by atoms with Gasteiger partial charge in [-0.1, -0.05) is 6.42 Å². The average molecular weight is 240 g/mol. The van der Waals surface area contributed by atoms with Gasteiger partial charge in [-0.15, -0.1) is 11.8 Å². The Balaban J connectivity index is 1.90. The molecular formula is C11H16N2O2S. The third-order valence-corrected chi connectivity index (χ3v) is 4.34. The van der Waals surface area contributed by atoms with Gasteiger partial charge in [0.25, 0.3) is 0 Å². The van der Waals surface area contributed by atoms with Crippen molar-refractivity contribution in [1.29, 1.82) is 5.26 Å². The molecule has 88 valence electrons. The number of hydrogen-bond acceptors (Lipinski definition) is 4. The highest BCUT2D eigenvalue weighted by molar-refractivity contribution is 8.00. The highest BCUT2D eigenvalue weighted by Gasteiger charge is 2.30. The Bertz CT molecular complexity index is 297. The van der Waals surface area contributed by atoms with Gasteiger partial charge >= 0.3 is 0 Å². The molecule has 1 amide bonds. The van der Waals surface area contributed by atoms with E-state index >= 15 is 0 Å². The van der Waals surface area contributed by atoms with E-state index in [9.17, 15) is 4.79 Å². The van der Waals surface area contributed by atoms with Gasteiger partial charge in [0, 0.05) is 6.54 Å². The number of morpholine rings is 1. The van der Waals surface area contributed by atoms with Gasteiger partial charge in [0.05, 0.1) is 24.5 Å². The summed E-state index contributed by atoms with van der Waals surface area (Å²) in [4.78, 5) is 13.9. The minimum absolute atomic E-state index is 0.117. The largest absolute Gasteiger partial charge is 0.360 e. The molecule has 0 bridgehead atoms. The number of hydrogen-bond donors (Lipinski definition) is 0. The lowest BCUT2D eigenvalue weighted by Crippen LogP contribution is -2.48. The molecule has 2 rings (SSSR count). The molecule has 2 heterocycles. The molecule has 2 unspecified atom stereocenters. The smallest absolute Gasteiger partial charge is 0.235 e. The fourth-order valence-electron chi connectivity index (χ4n) is 2.07. The summed E-state index contributed by atoms with van der Waals surface area (Å²) in [6.07, 6.45) is 2.91. The maximum absolute atomic E-state index is 12.2. The van der Waals surface area contributed by atoms with Gasteiger partial charge in [-0.3, -0.25) is 4.79 Å². The van der Waals surface area contributed by atoms with Crippen LogP contribution >= 0.6 is 11.8 Å². The normalized spacial score (nSPS) is 30.8. The summed E-state index contributed by atoms with van der Waals surface area (Å²) in [5.41, 5.74) is 0. The Hall–Kier alpha value is -0.730. The van der Waals surface area contributed by atoms with Crippen LogP contribution in [0.2, 0.25) is 0 Å². The molecule has 0 aromatic rings. The second-order valence-electron chi connectivity index (χ2n) is 4.13. The van der Waals surface area contributed by atoms with E-state index in [-0.39, 0.29) is 11.2 Å². The Morgan fingerprint density at radius 2 is 2.38 bits per heavy atom. The molecule has 5 heteroatoms. The van der Waals surface area contributed by atoms with Crippen LogP contribution in [0, 0.1) is 11.3 Å². The van der Waals surface area contributed by atoms with Crippen LogP contribution in [0.15, 0.2) is 0 Å². The predicted molar refractivity (Wildman–Crippen MR) is 62.0 cm³/mol. The molecule has 0 N–H and O–H groups in total. The SMILES string of the molecule is N#CC1CN(C(=O)C2CCCCS2)CCO1. The van der Waals surface area contributed by atoms with Crippen LogP contribution in [0.25, 0.3) is 0 Å². The topological polar surface area (TPSA) is 53.3 Å². The molecule has 0 aromatic heterocycles. The van der Waals surface area contributed by atoms with Crippen molar-refractivity contribution in [2.45, 2.75) is 30.6 Å². The van der Waals surface area contributed by atoms with Crippen molar-refractivity contribution in [1.82, 2.24) is 4.90 Å². The minimum Gasteiger partial charge on any atom is -0.360 e.